The first-order valence-electron chi connectivity index (χ1n) is 6.14. The molecule has 0 radical (unpaired) electrons. The number of fused-ring (bicyclic) bond motifs is 1. The van der Waals surface area contributed by atoms with Gasteiger partial charge in [0.1, 0.15) is 5.82 Å². The van der Waals surface area contributed by atoms with E-state index >= 15 is 0 Å². The van der Waals surface area contributed by atoms with Crippen LogP contribution in [0.1, 0.15) is 24.5 Å². The average molecular weight is 255 g/mol. The van der Waals surface area contributed by atoms with Gasteiger partial charge in [0.15, 0.2) is 0 Å². The maximum atomic E-state index is 11.8. The van der Waals surface area contributed by atoms with Gasteiger partial charge in [0.05, 0.1) is 11.6 Å². The first-order chi connectivity index (χ1) is 9.15. The van der Waals surface area contributed by atoms with Crippen LogP contribution >= 0.6 is 0 Å². The van der Waals surface area contributed by atoms with Crippen molar-refractivity contribution in [2.75, 3.05) is 5.73 Å². The van der Waals surface area contributed by atoms with Crippen LogP contribution in [0.2, 0.25) is 0 Å². The van der Waals surface area contributed by atoms with Gasteiger partial charge < -0.3 is 5.73 Å². The summed E-state index contributed by atoms with van der Waals surface area (Å²) in [5, 5.41) is 4.16. The molecule has 0 bridgehead atoms. The van der Waals surface area contributed by atoms with Crippen molar-refractivity contribution in [3.63, 3.8) is 0 Å². The number of hydrogen-bond donors (Lipinski definition) is 2. The second-order valence-electron chi connectivity index (χ2n) is 4.66. The molecule has 0 saturated carbocycles. The van der Waals surface area contributed by atoms with Crippen LogP contribution in [0.25, 0.3) is 10.8 Å². The van der Waals surface area contributed by atoms with E-state index in [0.717, 1.165) is 10.8 Å². The van der Waals surface area contributed by atoms with Crippen molar-refractivity contribution in [3.05, 3.63) is 36.0 Å². The van der Waals surface area contributed by atoms with Crippen LogP contribution in [0.4, 0.5) is 5.82 Å². The maximum absolute atomic E-state index is 11.8. The monoisotopic (exact) mass is 255 g/mol. The summed E-state index contributed by atoms with van der Waals surface area (Å²) in [7, 11) is 0. The molecule has 1 fully saturated rings. The van der Waals surface area contributed by atoms with Crippen molar-refractivity contribution in [1.82, 2.24) is 10.3 Å². The Morgan fingerprint density at radius 2 is 2.05 bits per heavy atom. The summed E-state index contributed by atoms with van der Waals surface area (Å²) in [5.74, 6) is -0.504. The third-order valence-corrected chi connectivity index (χ3v) is 3.39. The number of nitrogen functional groups attached to an aromatic ring is 1. The largest absolute Gasteiger partial charge is 0.383 e. The molecule has 1 saturated heterocycles. The summed E-state index contributed by atoms with van der Waals surface area (Å²) in [6, 6.07) is 9.50. The zero-order chi connectivity index (χ0) is 13.4. The van der Waals surface area contributed by atoms with Crippen molar-refractivity contribution < 1.29 is 9.59 Å². The Bertz CT molecular complexity index is 681. The van der Waals surface area contributed by atoms with E-state index in [1.165, 1.54) is 0 Å². The molecule has 5 nitrogen and oxygen atoms in total. The van der Waals surface area contributed by atoms with E-state index in [9.17, 15) is 9.59 Å². The molecular formula is C14H13N3O2. The van der Waals surface area contributed by atoms with E-state index in [1.54, 1.807) is 0 Å². The van der Waals surface area contributed by atoms with E-state index in [1.807, 2.05) is 30.3 Å². The van der Waals surface area contributed by atoms with Gasteiger partial charge in [-0.05, 0) is 17.9 Å². The van der Waals surface area contributed by atoms with E-state index in [0.29, 0.717) is 24.4 Å². The molecule has 2 amide bonds. The molecule has 1 unspecified atom stereocenters. The predicted octanol–water partition coefficient (Wildman–Crippen LogP) is 1.34. The molecule has 1 aromatic carbocycles. The first kappa shape index (κ1) is 11.6. The van der Waals surface area contributed by atoms with Crippen LogP contribution in [0.15, 0.2) is 30.3 Å². The lowest BCUT2D eigenvalue weighted by Crippen LogP contribution is -2.39. The van der Waals surface area contributed by atoms with E-state index < -0.39 is 5.92 Å². The van der Waals surface area contributed by atoms with Gasteiger partial charge in [-0.15, -0.1) is 0 Å². The molecule has 1 aliphatic heterocycles. The lowest BCUT2D eigenvalue weighted by Gasteiger charge is -2.20. The van der Waals surface area contributed by atoms with Crippen molar-refractivity contribution in [3.8, 4) is 0 Å². The molecule has 0 spiro atoms. The van der Waals surface area contributed by atoms with E-state index in [-0.39, 0.29) is 11.8 Å². The number of imide groups is 1. The fourth-order valence-corrected chi connectivity index (χ4v) is 2.40. The Morgan fingerprint density at radius 1 is 1.26 bits per heavy atom. The zero-order valence-corrected chi connectivity index (χ0v) is 10.2. The van der Waals surface area contributed by atoms with Gasteiger partial charge in [0.2, 0.25) is 11.8 Å². The third kappa shape index (κ3) is 2.03. The van der Waals surface area contributed by atoms with Crippen LogP contribution < -0.4 is 11.1 Å². The third-order valence-electron chi connectivity index (χ3n) is 3.39. The van der Waals surface area contributed by atoms with Crippen molar-refractivity contribution in [1.29, 1.82) is 0 Å². The molecule has 3 rings (SSSR count). The first-order valence-corrected chi connectivity index (χ1v) is 6.14. The Kier molecular flexibility index (Phi) is 2.67. The Morgan fingerprint density at radius 3 is 2.84 bits per heavy atom. The molecule has 2 aromatic rings. The Labute approximate surface area is 109 Å². The van der Waals surface area contributed by atoms with E-state index in [4.69, 9.17) is 5.73 Å². The Hall–Kier alpha value is -2.43. The SMILES string of the molecule is Nc1nc(C2CCC(=O)NC2=O)cc2ccccc12. The average Bonchev–Trinajstić information content (AvgIpc) is 2.38. The maximum Gasteiger partial charge on any atom is 0.235 e. The predicted molar refractivity (Wildman–Crippen MR) is 71.3 cm³/mol. The second kappa shape index (κ2) is 4.35. The van der Waals surface area contributed by atoms with Crippen LogP contribution in [0.3, 0.4) is 0 Å². The van der Waals surface area contributed by atoms with Gasteiger partial charge in [-0.25, -0.2) is 4.98 Å². The highest BCUT2D eigenvalue weighted by molar-refractivity contribution is 6.01. The van der Waals surface area contributed by atoms with Crippen LogP contribution in [-0.4, -0.2) is 16.8 Å². The summed E-state index contributed by atoms with van der Waals surface area (Å²) in [4.78, 5) is 27.3. The molecule has 1 atom stereocenters. The summed E-state index contributed by atoms with van der Waals surface area (Å²) in [6.07, 6.45) is 0.820. The lowest BCUT2D eigenvalue weighted by atomic mass is 9.93. The highest BCUT2D eigenvalue weighted by Crippen LogP contribution is 2.28. The molecule has 3 N–H and O–H groups in total. The number of anilines is 1. The lowest BCUT2D eigenvalue weighted by molar-refractivity contribution is -0.134. The van der Waals surface area contributed by atoms with Gasteiger partial charge in [0.25, 0.3) is 0 Å². The fraction of sp³-hybridized carbons (Fsp3) is 0.214. The number of pyridine rings is 1. The van der Waals surface area contributed by atoms with Gasteiger partial charge in [-0.2, -0.15) is 0 Å². The summed E-state index contributed by atoms with van der Waals surface area (Å²) < 4.78 is 0. The van der Waals surface area contributed by atoms with Crippen LogP contribution in [0.5, 0.6) is 0 Å². The van der Waals surface area contributed by atoms with Crippen molar-refractivity contribution >= 4 is 28.4 Å². The quantitative estimate of drug-likeness (QED) is 0.753. The number of nitrogens with two attached hydrogens (primary N) is 1. The highest BCUT2D eigenvalue weighted by atomic mass is 16.2. The minimum absolute atomic E-state index is 0.227. The zero-order valence-electron chi connectivity index (χ0n) is 10.2. The topological polar surface area (TPSA) is 85.1 Å². The Balaban J connectivity index is 2.06. The van der Waals surface area contributed by atoms with Gasteiger partial charge >= 0.3 is 0 Å². The molecular weight excluding hydrogens is 242 g/mol. The number of benzene rings is 1. The second-order valence-corrected chi connectivity index (χ2v) is 4.66. The number of aromatic nitrogens is 1. The van der Waals surface area contributed by atoms with E-state index in [2.05, 4.69) is 10.3 Å². The fourth-order valence-electron chi connectivity index (χ4n) is 2.40. The number of rotatable bonds is 1. The molecule has 19 heavy (non-hydrogen) atoms. The van der Waals surface area contributed by atoms with Gasteiger partial charge in [-0.1, -0.05) is 24.3 Å². The smallest absolute Gasteiger partial charge is 0.235 e. The number of hydrogen-bond acceptors (Lipinski definition) is 4. The molecule has 96 valence electrons. The van der Waals surface area contributed by atoms with Crippen molar-refractivity contribution in [2.45, 2.75) is 18.8 Å². The normalized spacial score (nSPS) is 19.5. The number of piperidine rings is 1. The van der Waals surface area contributed by atoms with Gasteiger partial charge in [-0.3, -0.25) is 14.9 Å². The number of amides is 2. The minimum atomic E-state index is -0.399. The number of carbonyl (C=O) groups is 2. The standard InChI is InChI=1S/C14H13N3O2/c15-13-9-4-2-1-3-8(9)7-11(16-13)10-5-6-12(18)17-14(10)19/h1-4,7,10H,5-6H2,(H2,15,16)(H,17,18,19). The number of nitrogens with one attached hydrogen (secondary N) is 1. The molecule has 2 heterocycles. The molecule has 1 aliphatic rings. The highest BCUT2D eigenvalue weighted by Gasteiger charge is 2.29. The van der Waals surface area contributed by atoms with Gasteiger partial charge in [0, 0.05) is 11.8 Å². The van der Waals surface area contributed by atoms with Crippen LogP contribution in [-0.2, 0) is 9.59 Å². The summed E-state index contributed by atoms with van der Waals surface area (Å²) >= 11 is 0. The molecule has 0 aliphatic carbocycles. The number of nitrogens with zero attached hydrogens (tertiary/aromatic N) is 1. The van der Waals surface area contributed by atoms with Crippen molar-refractivity contribution in [2.24, 2.45) is 0 Å². The molecule has 1 aromatic heterocycles. The van der Waals surface area contributed by atoms with Crippen LogP contribution in [0, 0.1) is 0 Å². The minimum Gasteiger partial charge on any atom is -0.383 e. The summed E-state index contributed by atoms with van der Waals surface area (Å²) in [6.45, 7) is 0. The summed E-state index contributed by atoms with van der Waals surface area (Å²) in [5.41, 5.74) is 6.55. The molecule has 5 heteroatoms. The number of carbonyl (C=O) groups excluding carboxylic acids is 2.